The fourth-order valence-electron chi connectivity index (χ4n) is 3.07. The van der Waals surface area contributed by atoms with Gasteiger partial charge in [-0.05, 0) is 38.5 Å². The van der Waals surface area contributed by atoms with Gasteiger partial charge >= 0.3 is 0 Å². The summed E-state index contributed by atoms with van der Waals surface area (Å²) < 4.78 is 5.23. The van der Waals surface area contributed by atoms with Crippen LogP contribution in [0.5, 0.6) is 0 Å². The van der Waals surface area contributed by atoms with Crippen LogP contribution in [0.3, 0.4) is 0 Å². The number of ether oxygens (including phenoxy) is 1. The van der Waals surface area contributed by atoms with Crippen molar-refractivity contribution in [1.29, 1.82) is 0 Å². The molecule has 28 heavy (non-hydrogen) atoms. The quantitative estimate of drug-likeness (QED) is 0.325. The van der Waals surface area contributed by atoms with Crippen LogP contribution in [-0.2, 0) is 19.1 Å². The number of amides is 2. The zero-order chi connectivity index (χ0) is 21.5. The van der Waals surface area contributed by atoms with Crippen molar-refractivity contribution < 1.29 is 24.2 Å². The molecule has 0 unspecified atom stereocenters. The Morgan fingerprint density at radius 3 is 2.11 bits per heavy atom. The van der Waals surface area contributed by atoms with Gasteiger partial charge in [-0.15, -0.1) is 0 Å². The van der Waals surface area contributed by atoms with Crippen LogP contribution in [0.1, 0.15) is 73.6 Å². The number of unbranched alkanes of at least 4 members (excludes halogenated alkanes) is 1. The highest BCUT2D eigenvalue weighted by atomic mass is 16.6. The number of nitrogens with one attached hydrogen (secondary N) is 2. The molecule has 0 aromatic heterocycles. The molecule has 1 fully saturated rings. The Balaban J connectivity index is 2.65. The second-order valence-corrected chi connectivity index (χ2v) is 9.00. The molecule has 0 radical (unpaired) electrons. The first-order valence-corrected chi connectivity index (χ1v) is 10.4. The Bertz CT molecular complexity index is 541. The lowest BCUT2D eigenvalue weighted by atomic mass is 9.93. The fourth-order valence-corrected chi connectivity index (χ4v) is 3.07. The summed E-state index contributed by atoms with van der Waals surface area (Å²) in [6.45, 7) is 11.7. The third-order valence-corrected chi connectivity index (χ3v) is 4.96. The van der Waals surface area contributed by atoms with E-state index in [-0.39, 0.29) is 17.6 Å². The molecule has 0 aromatic rings. The zero-order valence-corrected chi connectivity index (χ0v) is 18.2. The maximum Gasteiger partial charge on any atom is 0.245 e. The first-order chi connectivity index (χ1) is 13.0. The van der Waals surface area contributed by atoms with Crippen molar-refractivity contribution in [2.24, 2.45) is 11.8 Å². The van der Waals surface area contributed by atoms with Gasteiger partial charge in [-0.1, -0.05) is 40.5 Å². The molecule has 162 valence electrons. The molecule has 1 rings (SSSR count). The van der Waals surface area contributed by atoms with Crippen LogP contribution in [0.15, 0.2) is 0 Å². The van der Waals surface area contributed by atoms with Gasteiger partial charge in [-0.3, -0.25) is 14.4 Å². The Morgan fingerprint density at radius 2 is 1.64 bits per heavy atom. The summed E-state index contributed by atoms with van der Waals surface area (Å²) in [7, 11) is 0. The predicted octanol–water partition coefficient (Wildman–Crippen LogP) is 1.96. The number of ketones is 1. The highest BCUT2D eigenvalue weighted by Gasteiger charge is 2.50. The number of hydrogen-bond donors (Lipinski definition) is 3. The summed E-state index contributed by atoms with van der Waals surface area (Å²) >= 11 is 0. The van der Waals surface area contributed by atoms with Crippen molar-refractivity contribution in [1.82, 2.24) is 10.6 Å². The largest absolute Gasteiger partial charge is 0.391 e. The number of hydrogen-bond acceptors (Lipinski definition) is 5. The van der Waals surface area contributed by atoms with E-state index in [9.17, 15) is 19.5 Å². The topological polar surface area (TPSA) is 108 Å². The average molecular weight is 399 g/mol. The van der Waals surface area contributed by atoms with Crippen molar-refractivity contribution in [3.8, 4) is 0 Å². The normalized spacial score (nSPS) is 21.9. The van der Waals surface area contributed by atoms with Crippen LogP contribution in [0.4, 0.5) is 0 Å². The Labute approximate surface area is 169 Å². The molecule has 0 bridgehead atoms. The maximum absolute atomic E-state index is 12.7. The van der Waals surface area contributed by atoms with Crippen molar-refractivity contribution in [2.75, 3.05) is 6.61 Å². The van der Waals surface area contributed by atoms with Gasteiger partial charge in [-0.25, -0.2) is 0 Å². The SMILES string of the molecule is CC(C)CCCCC(=O)N[C@H](C(=O)N[C@@H](CC(C)C)C(=O)[C@@]1(C)CO1)[C@@H](C)O. The van der Waals surface area contributed by atoms with Crippen molar-refractivity contribution in [3.63, 3.8) is 0 Å². The van der Waals surface area contributed by atoms with Gasteiger partial charge in [0.25, 0.3) is 0 Å². The third kappa shape index (κ3) is 8.27. The van der Waals surface area contributed by atoms with E-state index in [1.165, 1.54) is 6.92 Å². The Hall–Kier alpha value is -1.47. The fraction of sp³-hybridized carbons (Fsp3) is 0.857. The first kappa shape index (κ1) is 24.6. The van der Waals surface area contributed by atoms with Gasteiger partial charge in [0.15, 0.2) is 5.78 Å². The monoisotopic (exact) mass is 398 g/mol. The molecular weight excluding hydrogens is 360 g/mol. The van der Waals surface area contributed by atoms with E-state index in [1.807, 2.05) is 13.8 Å². The molecule has 7 heteroatoms. The lowest BCUT2D eigenvalue weighted by Crippen LogP contribution is -2.57. The van der Waals surface area contributed by atoms with Crippen LogP contribution >= 0.6 is 0 Å². The Morgan fingerprint density at radius 1 is 1.04 bits per heavy atom. The molecule has 1 saturated heterocycles. The van der Waals surface area contributed by atoms with E-state index < -0.39 is 29.7 Å². The summed E-state index contributed by atoms with van der Waals surface area (Å²) in [4.78, 5) is 37.5. The van der Waals surface area contributed by atoms with E-state index in [4.69, 9.17) is 4.74 Å². The maximum atomic E-state index is 12.7. The van der Waals surface area contributed by atoms with Gasteiger partial charge in [-0.2, -0.15) is 0 Å². The van der Waals surface area contributed by atoms with Crippen molar-refractivity contribution in [2.45, 2.75) is 97.4 Å². The molecule has 0 saturated carbocycles. The smallest absolute Gasteiger partial charge is 0.245 e. The number of carbonyl (C=O) groups is 3. The van der Waals surface area contributed by atoms with Gasteiger partial charge in [0.1, 0.15) is 11.6 Å². The molecular formula is C21H38N2O5. The second kappa shape index (κ2) is 10.9. The summed E-state index contributed by atoms with van der Waals surface area (Å²) in [5, 5.41) is 15.3. The highest BCUT2D eigenvalue weighted by molar-refractivity contribution is 5.98. The number of carbonyl (C=O) groups excluding carboxylic acids is 3. The van der Waals surface area contributed by atoms with E-state index in [0.717, 1.165) is 19.3 Å². The van der Waals surface area contributed by atoms with E-state index in [0.29, 0.717) is 25.4 Å². The standard InChI is InChI=1S/C21H38N2O5/c1-13(2)9-7-8-10-17(25)23-18(15(5)24)20(27)22-16(11-14(3)4)19(26)21(6)12-28-21/h13-16,18,24H,7-12H2,1-6H3,(H,22,27)(H,23,25)/t15-,16+,18+,21-/m1/s1. The lowest BCUT2D eigenvalue weighted by Gasteiger charge is -2.26. The number of aliphatic hydroxyl groups is 1. The van der Waals surface area contributed by atoms with Crippen LogP contribution in [0, 0.1) is 11.8 Å². The molecule has 0 spiro atoms. The summed E-state index contributed by atoms with van der Waals surface area (Å²) in [5.74, 6) is -0.203. The lowest BCUT2D eigenvalue weighted by molar-refractivity contribution is -0.135. The number of aliphatic hydroxyl groups excluding tert-OH is 1. The minimum absolute atomic E-state index is 0.168. The van der Waals surface area contributed by atoms with Gasteiger partial charge in [0, 0.05) is 6.42 Å². The molecule has 1 heterocycles. The summed E-state index contributed by atoms with van der Waals surface area (Å²) in [6, 6.07) is -1.79. The minimum atomic E-state index is -1.09. The molecule has 2 amide bonds. The van der Waals surface area contributed by atoms with Crippen molar-refractivity contribution in [3.05, 3.63) is 0 Å². The van der Waals surface area contributed by atoms with Crippen molar-refractivity contribution >= 4 is 17.6 Å². The zero-order valence-electron chi connectivity index (χ0n) is 18.2. The predicted molar refractivity (Wildman–Crippen MR) is 108 cm³/mol. The van der Waals surface area contributed by atoms with Gasteiger partial charge < -0.3 is 20.5 Å². The third-order valence-electron chi connectivity index (χ3n) is 4.96. The number of Topliss-reactive ketones (excluding diaryl/α,β-unsaturated/α-hetero) is 1. The van der Waals surface area contributed by atoms with Gasteiger partial charge in [0.05, 0.1) is 18.8 Å². The van der Waals surface area contributed by atoms with Crippen LogP contribution in [0.25, 0.3) is 0 Å². The molecule has 1 aliphatic rings. The summed E-state index contributed by atoms with van der Waals surface area (Å²) in [6.07, 6.45) is 2.45. The van der Waals surface area contributed by atoms with Gasteiger partial charge in [0.2, 0.25) is 11.8 Å². The molecule has 0 aromatic carbocycles. The number of epoxide rings is 1. The number of rotatable bonds is 13. The molecule has 4 atom stereocenters. The second-order valence-electron chi connectivity index (χ2n) is 9.00. The summed E-state index contributed by atoms with van der Waals surface area (Å²) in [5.41, 5.74) is -0.840. The van der Waals surface area contributed by atoms with Crippen LogP contribution in [-0.4, -0.2) is 53.1 Å². The van der Waals surface area contributed by atoms with E-state index in [1.54, 1.807) is 6.92 Å². The molecule has 7 nitrogen and oxygen atoms in total. The highest BCUT2D eigenvalue weighted by Crippen LogP contribution is 2.29. The molecule has 1 aliphatic heterocycles. The average Bonchev–Trinajstić information content (AvgIpc) is 3.33. The molecule has 0 aliphatic carbocycles. The van der Waals surface area contributed by atoms with E-state index >= 15 is 0 Å². The van der Waals surface area contributed by atoms with E-state index in [2.05, 4.69) is 24.5 Å². The molecule has 3 N–H and O–H groups in total. The first-order valence-electron chi connectivity index (χ1n) is 10.4. The minimum Gasteiger partial charge on any atom is -0.391 e. The van der Waals surface area contributed by atoms with Crippen LogP contribution < -0.4 is 10.6 Å². The van der Waals surface area contributed by atoms with Crippen LogP contribution in [0.2, 0.25) is 0 Å². The Kier molecular flexibility index (Phi) is 9.57.